The second kappa shape index (κ2) is 4.64. The number of aliphatic hydroxyl groups is 1. The van der Waals surface area contributed by atoms with Crippen LogP contribution in [-0.2, 0) is 4.74 Å². The summed E-state index contributed by atoms with van der Waals surface area (Å²) in [5.74, 6) is 0.998. The van der Waals surface area contributed by atoms with Gasteiger partial charge in [-0.05, 0) is 19.1 Å². The average Bonchev–Trinajstić information content (AvgIpc) is 2.44. The van der Waals surface area contributed by atoms with Gasteiger partial charge in [0, 0.05) is 11.9 Å². The molecule has 1 rings (SSSR count). The third-order valence-electron chi connectivity index (χ3n) is 2.72. The molecule has 0 aliphatic carbocycles. The molecule has 78 valence electrons. The van der Waals surface area contributed by atoms with E-state index < -0.39 is 5.60 Å². The molecule has 4 heteroatoms. The summed E-state index contributed by atoms with van der Waals surface area (Å²) in [6, 6.07) is -0.252. The van der Waals surface area contributed by atoms with Crippen LogP contribution in [0.15, 0.2) is 0 Å². The minimum atomic E-state index is -0.722. The van der Waals surface area contributed by atoms with Crippen LogP contribution in [0.2, 0.25) is 0 Å². The molecule has 0 aromatic heterocycles. The highest BCUT2D eigenvalue weighted by Gasteiger charge is 2.43. The van der Waals surface area contributed by atoms with Gasteiger partial charge in [0.1, 0.15) is 0 Å². The third-order valence-corrected chi connectivity index (χ3v) is 4.07. The predicted octanol–water partition coefficient (Wildman–Crippen LogP) is 0.607. The molecule has 0 amide bonds. The van der Waals surface area contributed by atoms with E-state index in [2.05, 4.69) is 0 Å². The third kappa shape index (κ3) is 2.37. The van der Waals surface area contributed by atoms with Gasteiger partial charge in [0.05, 0.1) is 18.2 Å². The zero-order valence-electron chi connectivity index (χ0n) is 8.32. The number of hydrogen-bond donors (Lipinski definition) is 2. The highest BCUT2D eigenvalue weighted by Crippen LogP contribution is 2.37. The molecule has 0 radical (unpaired) electrons. The second-order valence-corrected chi connectivity index (χ2v) is 4.97. The van der Waals surface area contributed by atoms with Crippen molar-refractivity contribution >= 4 is 11.8 Å². The van der Waals surface area contributed by atoms with Gasteiger partial charge in [0.2, 0.25) is 0 Å². The molecule has 0 bridgehead atoms. The fourth-order valence-electron chi connectivity index (χ4n) is 1.62. The number of ether oxygens (including phenoxy) is 1. The fourth-order valence-corrected chi connectivity index (χ4v) is 3.00. The second-order valence-electron chi connectivity index (χ2n) is 3.52. The Morgan fingerprint density at radius 1 is 1.77 bits per heavy atom. The lowest BCUT2D eigenvalue weighted by molar-refractivity contribution is -0.0132. The van der Waals surface area contributed by atoms with E-state index in [1.165, 1.54) is 0 Å². The number of thioether (sulfide) groups is 1. The molecule has 0 aromatic carbocycles. The van der Waals surface area contributed by atoms with Gasteiger partial charge in [-0.1, -0.05) is 6.92 Å². The first-order valence-electron chi connectivity index (χ1n) is 4.78. The summed E-state index contributed by atoms with van der Waals surface area (Å²) in [7, 11) is 0. The van der Waals surface area contributed by atoms with Crippen molar-refractivity contribution in [2.24, 2.45) is 5.73 Å². The molecule has 0 saturated carbocycles. The standard InChI is InChI=1S/C9H19NO2S/c1-3-12-6-8(10)9(11)4-5-13-7(9)2/h7-8,11H,3-6,10H2,1-2H3. The van der Waals surface area contributed by atoms with Crippen LogP contribution in [0.4, 0.5) is 0 Å². The molecule has 3 atom stereocenters. The van der Waals surface area contributed by atoms with E-state index in [1.54, 1.807) is 11.8 Å². The first kappa shape index (κ1) is 11.3. The van der Waals surface area contributed by atoms with E-state index in [-0.39, 0.29) is 11.3 Å². The maximum atomic E-state index is 10.2. The van der Waals surface area contributed by atoms with Gasteiger partial charge in [-0.15, -0.1) is 0 Å². The lowest BCUT2D eigenvalue weighted by atomic mass is 9.89. The van der Waals surface area contributed by atoms with Crippen LogP contribution in [0.25, 0.3) is 0 Å². The first-order valence-corrected chi connectivity index (χ1v) is 5.83. The van der Waals surface area contributed by atoms with E-state index in [1.807, 2.05) is 13.8 Å². The zero-order chi connectivity index (χ0) is 9.90. The Hall–Kier alpha value is 0.230. The topological polar surface area (TPSA) is 55.5 Å². The summed E-state index contributed by atoms with van der Waals surface area (Å²) < 4.78 is 5.23. The Kier molecular flexibility index (Phi) is 4.04. The Bertz CT molecular complexity index is 168. The summed E-state index contributed by atoms with van der Waals surface area (Å²) >= 11 is 1.78. The Balaban J connectivity index is 2.47. The summed E-state index contributed by atoms with van der Waals surface area (Å²) in [5, 5.41) is 10.5. The van der Waals surface area contributed by atoms with Crippen molar-refractivity contribution in [3.05, 3.63) is 0 Å². The molecule has 1 saturated heterocycles. The lowest BCUT2D eigenvalue weighted by Gasteiger charge is -2.32. The Morgan fingerprint density at radius 3 is 2.92 bits per heavy atom. The SMILES string of the molecule is CCOCC(N)C1(O)CCSC1C. The van der Waals surface area contributed by atoms with Crippen LogP contribution in [0.3, 0.4) is 0 Å². The molecule has 0 aromatic rings. The van der Waals surface area contributed by atoms with Crippen molar-refractivity contribution in [1.29, 1.82) is 0 Å². The quantitative estimate of drug-likeness (QED) is 0.706. The van der Waals surface area contributed by atoms with Gasteiger partial charge < -0.3 is 15.6 Å². The van der Waals surface area contributed by atoms with Crippen LogP contribution >= 0.6 is 11.8 Å². The maximum absolute atomic E-state index is 10.2. The number of rotatable bonds is 4. The molecule has 1 heterocycles. The summed E-state index contributed by atoms with van der Waals surface area (Å²) in [6.07, 6.45) is 0.785. The van der Waals surface area contributed by atoms with Crippen molar-refractivity contribution in [2.45, 2.75) is 37.2 Å². The van der Waals surface area contributed by atoms with E-state index in [0.717, 1.165) is 12.2 Å². The minimum Gasteiger partial charge on any atom is -0.387 e. The van der Waals surface area contributed by atoms with Crippen molar-refractivity contribution < 1.29 is 9.84 Å². The van der Waals surface area contributed by atoms with Crippen molar-refractivity contribution in [1.82, 2.24) is 0 Å². The van der Waals surface area contributed by atoms with Crippen molar-refractivity contribution in [3.63, 3.8) is 0 Å². The molecule has 3 N–H and O–H groups in total. The molecule has 3 unspecified atom stereocenters. The largest absolute Gasteiger partial charge is 0.387 e. The van der Waals surface area contributed by atoms with Gasteiger partial charge in [0.15, 0.2) is 0 Å². The van der Waals surface area contributed by atoms with Crippen LogP contribution in [0.5, 0.6) is 0 Å². The summed E-state index contributed by atoms with van der Waals surface area (Å²) in [4.78, 5) is 0. The van der Waals surface area contributed by atoms with Crippen LogP contribution in [0.1, 0.15) is 20.3 Å². The Morgan fingerprint density at radius 2 is 2.46 bits per heavy atom. The van der Waals surface area contributed by atoms with Gasteiger partial charge in [0.25, 0.3) is 0 Å². The maximum Gasteiger partial charge on any atom is 0.0943 e. The molecular weight excluding hydrogens is 186 g/mol. The van der Waals surface area contributed by atoms with Crippen molar-refractivity contribution in [3.8, 4) is 0 Å². The van der Waals surface area contributed by atoms with Gasteiger partial charge in [-0.2, -0.15) is 11.8 Å². The van der Waals surface area contributed by atoms with Crippen LogP contribution in [0, 0.1) is 0 Å². The first-order chi connectivity index (χ1) is 6.11. The van der Waals surface area contributed by atoms with E-state index in [9.17, 15) is 5.11 Å². The van der Waals surface area contributed by atoms with Crippen LogP contribution < -0.4 is 5.73 Å². The summed E-state index contributed by atoms with van der Waals surface area (Å²) in [6.45, 7) is 5.08. The smallest absolute Gasteiger partial charge is 0.0943 e. The monoisotopic (exact) mass is 205 g/mol. The molecule has 0 spiro atoms. The highest BCUT2D eigenvalue weighted by atomic mass is 32.2. The van der Waals surface area contributed by atoms with E-state index >= 15 is 0 Å². The summed E-state index contributed by atoms with van der Waals surface area (Å²) in [5.41, 5.74) is 5.18. The number of hydrogen-bond acceptors (Lipinski definition) is 4. The zero-order valence-corrected chi connectivity index (χ0v) is 9.14. The van der Waals surface area contributed by atoms with E-state index in [0.29, 0.717) is 13.2 Å². The fraction of sp³-hybridized carbons (Fsp3) is 1.00. The van der Waals surface area contributed by atoms with Gasteiger partial charge >= 0.3 is 0 Å². The molecule has 1 aliphatic rings. The average molecular weight is 205 g/mol. The molecule has 13 heavy (non-hydrogen) atoms. The Labute approximate surface area is 84.0 Å². The number of nitrogens with two attached hydrogens (primary N) is 1. The lowest BCUT2D eigenvalue weighted by Crippen LogP contribution is -2.54. The predicted molar refractivity (Wildman–Crippen MR) is 56.0 cm³/mol. The van der Waals surface area contributed by atoms with Gasteiger partial charge in [-0.25, -0.2) is 0 Å². The van der Waals surface area contributed by atoms with Gasteiger partial charge in [-0.3, -0.25) is 0 Å². The molecular formula is C9H19NO2S. The van der Waals surface area contributed by atoms with E-state index in [4.69, 9.17) is 10.5 Å². The molecule has 1 fully saturated rings. The molecule has 1 aliphatic heterocycles. The van der Waals surface area contributed by atoms with Crippen LogP contribution in [-0.4, -0.2) is 41.0 Å². The normalized spacial score (nSPS) is 36.5. The highest BCUT2D eigenvalue weighted by molar-refractivity contribution is 8.00. The van der Waals surface area contributed by atoms with Crippen molar-refractivity contribution in [2.75, 3.05) is 19.0 Å². The molecule has 3 nitrogen and oxygen atoms in total. The minimum absolute atomic E-state index is 0.225.